The van der Waals surface area contributed by atoms with Crippen molar-refractivity contribution in [3.05, 3.63) is 0 Å². The van der Waals surface area contributed by atoms with Crippen molar-refractivity contribution in [3.8, 4) is 0 Å². The van der Waals surface area contributed by atoms with E-state index in [0.717, 1.165) is 6.42 Å². The zero-order valence-corrected chi connectivity index (χ0v) is 5.96. The van der Waals surface area contributed by atoms with E-state index in [1.54, 1.807) is 6.92 Å². The molecule has 2 atom stereocenters. The van der Waals surface area contributed by atoms with Crippen LogP contribution in [0.15, 0.2) is 0 Å². The monoisotopic (exact) mass is 152 g/mol. The number of carbonyl (C=O) groups is 1. The smallest absolute Gasteiger partial charge is 0.229 e. The summed E-state index contributed by atoms with van der Waals surface area (Å²) in [6, 6.07) is 0. The van der Waals surface area contributed by atoms with Crippen molar-refractivity contribution >= 4 is 28.4 Å². The summed E-state index contributed by atoms with van der Waals surface area (Å²) in [6.07, 6.45) is 0.733. The van der Waals surface area contributed by atoms with E-state index in [-0.39, 0.29) is 10.6 Å². The standard InChI is InChI=1S/C5H6Cl2O/c1-5(4(7)8)2-3(5)6/h3H,2H2,1H3. The van der Waals surface area contributed by atoms with Gasteiger partial charge in [0.1, 0.15) is 0 Å². The first-order valence-corrected chi connectivity index (χ1v) is 3.23. The summed E-state index contributed by atoms with van der Waals surface area (Å²) >= 11 is 10.8. The van der Waals surface area contributed by atoms with E-state index in [1.165, 1.54) is 0 Å². The molecule has 1 rings (SSSR count). The molecule has 0 amide bonds. The number of hydrogen-bond acceptors (Lipinski definition) is 1. The van der Waals surface area contributed by atoms with E-state index in [4.69, 9.17) is 23.2 Å². The number of halogens is 2. The van der Waals surface area contributed by atoms with Crippen LogP contribution in [0.2, 0.25) is 0 Å². The summed E-state index contributed by atoms with van der Waals surface area (Å²) in [4.78, 5) is 10.4. The van der Waals surface area contributed by atoms with Gasteiger partial charge in [0.2, 0.25) is 5.24 Å². The second-order valence-electron chi connectivity index (χ2n) is 2.36. The molecule has 0 bridgehead atoms. The van der Waals surface area contributed by atoms with Crippen LogP contribution in [-0.4, -0.2) is 10.6 Å². The number of alkyl halides is 1. The first-order chi connectivity index (χ1) is 3.57. The van der Waals surface area contributed by atoms with Gasteiger partial charge in [-0.1, -0.05) is 0 Å². The molecule has 0 saturated heterocycles. The lowest BCUT2D eigenvalue weighted by Crippen LogP contribution is -2.06. The van der Waals surface area contributed by atoms with Gasteiger partial charge in [0.25, 0.3) is 0 Å². The van der Waals surface area contributed by atoms with Crippen LogP contribution in [0.25, 0.3) is 0 Å². The summed E-state index contributed by atoms with van der Waals surface area (Å²) in [5, 5.41) is -0.329. The average Bonchev–Trinajstić information content (AvgIpc) is 2.17. The molecule has 0 N–H and O–H groups in total. The molecule has 0 aliphatic heterocycles. The van der Waals surface area contributed by atoms with Crippen LogP contribution in [0.1, 0.15) is 13.3 Å². The maximum Gasteiger partial charge on any atom is 0.229 e. The molecule has 1 fully saturated rings. The molecular weight excluding hydrogens is 147 g/mol. The van der Waals surface area contributed by atoms with Crippen molar-refractivity contribution in [1.82, 2.24) is 0 Å². The number of carbonyl (C=O) groups excluding carboxylic acids is 1. The van der Waals surface area contributed by atoms with Crippen LogP contribution in [0.4, 0.5) is 0 Å². The van der Waals surface area contributed by atoms with E-state index in [1.807, 2.05) is 0 Å². The third-order valence-electron chi connectivity index (χ3n) is 1.58. The normalized spacial score (nSPS) is 44.1. The predicted octanol–water partition coefficient (Wildman–Crippen LogP) is 1.77. The molecule has 0 aromatic rings. The van der Waals surface area contributed by atoms with E-state index in [9.17, 15) is 4.79 Å². The lowest BCUT2D eigenvalue weighted by atomic mass is 10.2. The Hall–Kier alpha value is 0.250. The van der Waals surface area contributed by atoms with Crippen molar-refractivity contribution < 1.29 is 4.79 Å². The fourth-order valence-corrected chi connectivity index (χ4v) is 1.20. The number of hydrogen-bond donors (Lipinski definition) is 0. The highest BCUT2D eigenvalue weighted by molar-refractivity contribution is 6.65. The third-order valence-corrected chi connectivity index (χ3v) is 2.65. The van der Waals surface area contributed by atoms with Crippen LogP contribution < -0.4 is 0 Å². The maximum atomic E-state index is 10.4. The van der Waals surface area contributed by atoms with Crippen molar-refractivity contribution in [2.24, 2.45) is 5.41 Å². The van der Waals surface area contributed by atoms with Gasteiger partial charge >= 0.3 is 0 Å². The highest BCUT2D eigenvalue weighted by Crippen LogP contribution is 2.51. The lowest BCUT2D eigenvalue weighted by molar-refractivity contribution is -0.115. The molecule has 0 heterocycles. The van der Waals surface area contributed by atoms with Crippen molar-refractivity contribution in [2.75, 3.05) is 0 Å². The van der Waals surface area contributed by atoms with Gasteiger partial charge in [-0.2, -0.15) is 0 Å². The SMILES string of the molecule is CC1(C(=O)Cl)CC1Cl. The Morgan fingerprint density at radius 3 is 2.25 bits per heavy atom. The van der Waals surface area contributed by atoms with Crippen molar-refractivity contribution in [1.29, 1.82) is 0 Å². The predicted molar refractivity (Wildman–Crippen MR) is 33.2 cm³/mol. The summed E-state index contributed by atoms with van der Waals surface area (Å²) in [7, 11) is 0. The minimum absolute atomic E-state index is 0.0208. The Labute approximate surface area is 58.0 Å². The van der Waals surface area contributed by atoms with Crippen molar-refractivity contribution in [2.45, 2.75) is 18.7 Å². The minimum atomic E-state index is -0.400. The molecule has 3 heteroatoms. The second-order valence-corrected chi connectivity index (χ2v) is 3.23. The zero-order chi connectivity index (χ0) is 6.36. The fraction of sp³-hybridized carbons (Fsp3) is 0.800. The van der Waals surface area contributed by atoms with Gasteiger partial charge in [-0.05, 0) is 24.9 Å². The molecule has 1 nitrogen and oxygen atoms in total. The minimum Gasteiger partial charge on any atom is -0.281 e. The lowest BCUT2D eigenvalue weighted by Gasteiger charge is -1.96. The van der Waals surface area contributed by atoms with Gasteiger partial charge in [0.15, 0.2) is 0 Å². The second kappa shape index (κ2) is 1.61. The Bertz CT molecular complexity index is 134. The molecule has 2 unspecified atom stereocenters. The molecule has 0 aromatic carbocycles. The molecule has 0 spiro atoms. The Morgan fingerprint density at radius 2 is 2.25 bits per heavy atom. The summed E-state index contributed by atoms with van der Waals surface area (Å²) < 4.78 is 0. The topological polar surface area (TPSA) is 17.1 Å². The Kier molecular flexibility index (Phi) is 1.28. The Morgan fingerprint density at radius 1 is 1.88 bits per heavy atom. The highest BCUT2D eigenvalue weighted by Gasteiger charge is 2.54. The largest absolute Gasteiger partial charge is 0.281 e. The Balaban J connectivity index is 2.60. The van der Waals surface area contributed by atoms with Gasteiger partial charge in [0, 0.05) is 5.38 Å². The molecule has 8 heavy (non-hydrogen) atoms. The van der Waals surface area contributed by atoms with Crippen LogP contribution in [-0.2, 0) is 4.79 Å². The van der Waals surface area contributed by atoms with Gasteiger partial charge in [0.05, 0.1) is 5.41 Å². The molecule has 1 saturated carbocycles. The van der Waals surface area contributed by atoms with Gasteiger partial charge in [-0.15, -0.1) is 11.6 Å². The summed E-state index contributed by atoms with van der Waals surface area (Å²) in [5.74, 6) is 0. The van der Waals surface area contributed by atoms with Crippen LogP contribution in [0, 0.1) is 5.41 Å². The summed E-state index contributed by atoms with van der Waals surface area (Å²) in [5.41, 5.74) is -0.400. The van der Waals surface area contributed by atoms with Crippen molar-refractivity contribution in [3.63, 3.8) is 0 Å². The first kappa shape index (κ1) is 6.37. The third kappa shape index (κ3) is 0.741. The van der Waals surface area contributed by atoms with Crippen LogP contribution >= 0.6 is 23.2 Å². The van der Waals surface area contributed by atoms with Gasteiger partial charge in [-0.3, -0.25) is 4.79 Å². The average molecular weight is 153 g/mol. The van der Waals surface area contributed by atoms with E-state index < -0.39 is 5.41 Å². The molecule has 0 radical (unpaired) electrons. The summed E-state index contributed by atoms with van der Waals surface area (Å²) in [6.45, 7) is 1.78. The molecule has 46 valence electrons. The quantitative estimate of drug-likeness (QED) is 0.414. The fourth-order valence-electron chi connectivity index (χ4n) is 0.517. The first-order valence-electron chi connectivity index (χ1n) is 2.41. The molecule has 1 aliphatic rings. The van der Waals surface area contributed by atoms with Gasteiger partial charge in [-0.25, -0.2) is 0 Å². The van der Waals surface area contributed by atoms with Gasteiger partial charge < -0.3 is 0 Å². The van der Waals surface area contributed by atoms with E-state index in [2.05, 4.69) is 0 Å². The van der Waals surface area contributed by atoms with Crippen LogP contribution in [0.5, 0.6) is 0 Å². The molecular formula is C5H6Cl2O. The maximum absolute atomic E-state index is 10.4. The molecule has 1 aliphatic carbocycles. The van der Waals surface area contributed by atoms with Crippen LogP contribution in [0.3, 0.4) is 0 Å². The van der Waals surface area contributed by atoms with E-state index >= 15 is 0 Å². The van der Waals surface area contributed by atoms with E-state index in [0.29, 0.717) is 0 Å². The highest BCUT2D eigenvalue weighted by atomic mass is 35.5. The zero-order valence-electron chi connectivity index (χ0n) is 4.45. The molecule has 0 aromatic heterocycles. The number of rotatable bonds is 1.